The second kappa shape index (κ2) is 7.47. The van der Waals surface area contributed by atoms with Gasteiger partial charge < -0.3 is 25.8 Å². The van der Waals surface area contributed by atoms with Crippen molar-refractivity contribution in [3.63, 3.8) is 0 Å². The van der Waals surface area contributed by atoms with E-state index in [4.69, 9.17) is 15.6 Å². The molecule has 1 saturated carbocycles. The van der Waals surface area contributed by atoms with Crippen LogP contribution in [0.25, 0.3) is 0 Å². The van der Waals surface area contributed by atoms with Crippen LogP contribution < -0.4 is 10.5 Å². The number of aromatic hydroxyl groups is 1. The highest BCUT2D eigenvalue weighted by Gasteiger charge is 2.28. The monoisotopic (exact) mass is 421 g/mol. The van der Waals surface area contributed by atoms with E-state index in [-0.39, 0.29) is 28.3 Å². The normalized spacial score (nSPS) is 26.4. The maximum absolute atomic E-state index is 10.7. The lowest BCUT2D eigenvalue weighted by Gasteiger charge is -2.30. The van der Waals surface area contributed by atoms with Gasteiger partial charge in [0.2, 0.25) is 0 Å². The van der Waals surface area contributed by atoms with Gasteiger partial charge in [-0.25, -0.2) is 0 Å². The molecule has 0 heterocycles. The van der Waals surface area contributed by atoms with Gasteiger partial charge in [0, 0.05) is 3.92 Å². The van der Waals surface area contributed by atoms with E-state index in [1.54, 1.807) is 12.1 Å². The molecule has 0 bridgehead atoms. The zero-order chi connectivity index (χ0) is 16.3. The van der Waals surface area contributed by atoms with Crippen molar-refractivity contribution in [1.82, 2.24) is 0 Å². The van der Waals surface area contributed by atoms with E-state index in [2.05, 4.69) is 22.6 Å². The number of alkyl halides is 1. The number of carbonyl (C=O) groups is 1. The highest BCUT2D eigenvalue weighted by atomic mass is 127. The molecule has 4 unspecified atom stereocenters. The van der Waals surface area contributed by atoms with Crippen molar-refractivity contribution in [3.05, 3.63) is 23.8 Å². The third-order valence-electron chi connectivity index (χ3n) is 3.78. The van der Waals surface area contributed by atoms with Crippen LogP contribution in [0.4, 0.5) is 0 Å². The van der Waals surface area contributed by atoms with Crippen LogP contribution in [0.3, 0.4) is 0 Å². The number of rotatable bonds is 5. The zero-order valence-corrected chi connectivity index (χ0v) is 14.1. The number of benzene rings is 1. The summed E-state index contributed by atoms with van der Waals surface area (Å²) in [5.74, 6) is -0.725. The van der Waals surface area contributed by atoms with Gasteiger partial charge in [-0.2, -0.15) is 0 Å². The summed E-state index contributed by atoms with van der Waals surface area (Å²) in [5, 5.41) is 28.5. The number of phenols is 1. The molecule has 0 aliphatic heterocycles. The highest BCUT2D eigenvalue weighted by molar-refractivity contribution is 14.1. The minimum Gasteiger partial charge on any atom is -0.504 e. The smallest absolute Gasteiger partial charge is 0.320 e. The molecule has 4 atom stereocenters. The number of halogens is 1. The van der Waals surface area contributed by atoms with Crippen LogP contribution >= 0.6 is 22.6 Å². The fraction of sp³-hybridized carbons (Fsp3) is 0.533. The fourth-order valence-corrected chi connectivity index (χ4v) is 3.41. The Morgan fingerprint density at radius 3 is 2.77 bits per heavy atom. The van der Waals surface area contributed by atoms with Crippen molar-refractivity contribution < 1.29 is 24.9 Å². The molecule has 0 aromatic heterocycles. The van der Waals surface area contributed by atoms with Crippen LogP contribution in [-0.2, 0) is 11.2 Å². The lowest BCUT2D eigenvalue weighted by Crippen LogP contribution is -2.34. The van der Waals surface area contributed by atoms with Crippen molar-refractivity contribution in [2.24, 2.45) is 5.73 Å². The van der Waals surface area contributed by atoms with Crippen molar-refractivity contribution in [2.45, 2.75) is 47.9 Å². The third kappa shape index (κ3) is 4.47. The number of phenolic OH excluding ortho intramolecular Hbond substituents is 1. The zero-order valence-electron chi connectivity index (χ0n) is 12.0. The molecule has 1 aromatic rings. The number of nitrogens with two attached hydrogens (primary N) is 1. The summed E-state index contributed by atoms with van der Waals surface area (Å²) in [6.45, 7) is 0. The Bertz CT molecular complexity index is 539. The number of aliphatic carboxylic acids is 1. The van der Waals surface area contributed by atoms with Gasteiger partial charge in [0.05, 0.1) is 6.10 Å². The van der Waals surface area contributed by atoms with Crippen LogP contribution in [-0.4, -0.2) is 43.5 Å². The number of hydrogen-bond acceptors (Lipinski definition) is 5. The molecular weight excluding hydrogens is 401 g/mol. The van der Waals surface area contributed by atoms with Gasteiger partial charge >= 0.3 is 5.97 Å². The summed E-state index contributed by atoms with van der Waals surface area (Å²) in [6.07, 6.45) is 1.97. The van der Waals surface area contributed by atoms with Gasteiger partial charge in [-0.05, 0) is 43.4 Å². The van der Waals surface area contributed by atoms with Gasteiger partial charge in [-0.1, -0.05) is 28.7 Å². The SMILES string of the molecule is NC(Cc1ccc(OC2CCC(O)C(I)C2)c(O)c1)C(=O)O. The van der Waals surface area contributed by atoms with E-state index in [1.807, 2.05) is 0 Å². The van der Waals surface area contributed by atoms with Crippen molar-refractivity contribution in [1.29, 1.82) is 0 Å². The summed E-state index contributed by atoms with van der Waals surface area (Å²) in [5.41, 5.74) is 6.12. The van der Waals surface area contributed by atoms with Gasteiger partial charge in [0.15, 0.2) is 11.5 Å². The standard InChI is InChI=1S/C15H20INO5/c16-10-7-9(2-3-12(10)18)22-14-4-1-8(6-13(14)19)5-11(17)15(20)21/h1,4,6,9-12,18-19H,2-3,5,7,17H2,(H,20,21). The average Bonchev–Trinajstić information content (AvgIpc) is 2.45. The molecule has 1 fully saturated rings. The van der Waals surface area contributed by atoms with Crippen LogP contribution in [0, 0.1) is 0 Å². The predicted molar refractivity (Wildman–Crippen MR) is 89.5 cm³/mol. The fourth-order valence-electron chi connectivity index (χ4n) is 2.48. The molecule has 0 saturated heterocycles. The molecule has 1 aliphatic rings. The predicted octanol–water partition coefficient (Wildman–Crippen LogP) is 1.44. The Labute approximate surface area is 142 Å². The molecule has 22 heavy (non-hydrogen) atoms. The summed E-state index contributed by atoms with van der Waals surface area (Å²) >= 11 is 2.21. The number of aliphatic hydroxyl groups excluding tert-OH is 1. The molecule has 1 aromatic carbocycles. The third-order valence-corrected chi connectivity index (χ3v) is 5.12. The molecule has 0 amide bonds. The number of carboxylic acid groups (broad SMARTS) is 1. The van der Waals surface area contributed by atoms with Gasteiger partial charge in [-0.15, -0.1) is 0 Å². The van der Waals surface area contributed by atoms with Crippen LogP contribution in [0.5, 0.6) is 11.5 Å². The average molecular weight is 421 g/mol. The molecule has 6 nitrogen and oxygen atoms in total. The molecule has 0 spiro atoms. The summed E-state index contributed by atoms with van der Waals surface area (Å²) in [7, 11) is 0. The van der Waals surface area contributed by atoms with Gasteiger partial charge in [0.25, 0.3) is 0 Å². The first-order chi connectivity index (χ1) is 10.4. The lowest BCUT2D eigenvalue weighted by molar-refractivity contribution is -0.138. The molecule has 1 aliphatic carbocycles. The van der Waals surface area contributed by atoms with Crippen LogP contribution in [0.1, 0.15) is 24.8 Å². The maximum atomic E-state index is 10.7. The molecule has 5 N–H and O–H groups in total. The Morgan fingerprint density at radius 2 is 2.18 bits per heavy atom. The van der Waals surface area contributed by atoms with E-state index in [0.29, 0.717) is 17.7 Å². The molecule has 7 heteroatoms. The molecular formula is C15H20INO5. The van der Waals surface area contributed by atoms with E-state index < -0.39 is 12.0 Å². The van der Waals surface area contributed by atoms with Gasteiger partial charge in [0.1, 0.15) is 12.1 Å². The summed E-state index contributed by atoms with van der Waals surface area (Å²) in [6, 6.07) is 3.83. The topological polar surface area (TPSA) is 113 Å². The second-order valence-corrected chi connectivity index (χ2v) is 7.19. The maximum Gasteiger partial charge on any atom is 0.320 e. The van der Waals surface area contributed by atoms with E-state index in [0.717, 1.165) is 12.8 Å². The second-order valence-electron chi connectivity index (χ2n) is 5.59. The van der Waals surface area contributed by atoms with E-state index in [1.165, 1.54) is 6.07 Å². The number of hydrogen-bond donors (Lipinski definition) is 4. The molecule has 0 radical (unpaired) electrons. The largest absolute Gasteiger partial charge is 0.504 e. The first-order valence-corrected chi connectivity index (χ1v) is 8.40. The number of carboxylic acids is 1. The molecule has 2 rings (SSSR count). The van der Waals surface area contributed by atoms with Crippen LogP contribution in [0.2, 0.25) is 0 Å². The Hall–Kier alpha value is -1.06. The minimum atomic E-state index is -1.08. The van der Waals surface area contributed by atoms with Crippen LogP contribution in [0.15, 0.2) is 18.2 Å². The minimum absolute atomic E-state index is 0.0220. The van der Waals surface area contributed by atoms with Crippen molar-refractivity contribution >= 4 is 28.6 Å². The number of ether oxygens (including phenoxy) is 1. The first-order valence-electron chi connectivity index (χ1n) is 7.16. The number of aliphatic hydroxyl groups is 1. The highest BCUT2D eigenvalue weighted by Crippen LogP contribution is 2.33. The van der Waals surface area contributed by atoms with Gasteiger partial charge in [-0.3, -0.25) is 4.79 Å². The summed E-state index contributed by atoms with van der Waals surface area (Å²) in [4.78, 5) is 10.7. The summed E-state index contributed by atoms with van der Waals surface area (Å²) < 4.78 is 5.94. The van der Waals surface area contributed by atoms with E-state index >= 15 is 0 Å². The Morgan fingerprint density at radius 1 is 1.45 bits per heavy atom. The Balaban J connectivity index is 1.99. The Kier molecular flexibility index (Phi) is 5.87. The molecule has 122 valence electrons. The first kappa shape index (κ1) is 17.3. The van der Waals surface area contributed by atoms with Crippen molar-refractivity contribution in [3.8, 4) is 11.5 Å². The van der Waals surface area contributed by atoms with Crippen molar-refractivity contribution in [2.75, 3.05) is 0 Å². The van der Waals surface area contributed by atoms with E-state index in [9.17, 15) is 15.0 Å². The lowest BCUT2D eigenvalue weighted by atomic mass is 9.95. The quantitative estimate of drug-likeness (QED) is 0.423.